The summed E-state index contributed by atoms with van der Waals surface area (Å²) in [4.78, 5) is 11.3. The van der Waals surface area contributed by atoms with Crippen molar-refractivity contribution in [3.8, 4) is 0 Å². The third-order valence-electron chi connectivity index (χ3n) is 4.25. The largest absolute Gasteiger partial charge is 0.351 e. The maximum atomic E-state index is 11.3. The van der Waals surface area contributed by atoms with Crippen LogP contribution < -0.4 is 27.0 Å². The summed E-state index contributed by atoms with van der Waals surface area (Å²) in [6.07, 6.45) is 0. The third-order valence-corrected chi connectivity index (χ3v) is 7.01. The lowest BCUT2D eigenvalue weighted by atomic mass is 10.1. The van der Waals surface area contributed by atoms with Gasteiger partial charge in [-0.2, -0.15) is 0 Å². The van der Waals surface area contributed by atoms with Crippen LogP contribution in [0, 0.1) is 20.8 Å². The van der Waals surface area contributed by atoms with Gasteiger partial charge >= 0.3 is 6.03 Å². The van der Waals surface area contributed by atoms with Gasteiger partial charge in [0.15, 0.2) is 0 Å². The van der Waals surface area contributed by atoms with Crippen LogP contribution in [0.3, 0.4) is 0 Å². The molecule has 0 heterocycles. The first kappa shape index (κ1) is 18.2. The summed E-state index contributed by atoms with van der Waals surface area (Å²) in [5, 5.41) is 6.53. The molecule has 132 valence electrons. The molecule has 3 rings (SSSR count). The van der Waals surface area contributed by atoms with Crippen LogP contribution in [0.15, 0.2) is 66.7 Å². The molecule has 0 saturated heterocycles. The molecule has 3 aromatic carbocycles. The molecule has 1 unspecified atom stereocenters. The topological polar surface area (TPSA) is 55.1 Å². The Kier molecular flexibility index (Phi) is 5.39. The van der Waals surface area contributed by atoms with Crippen molar-refractivity contribution in [2.24, 2.45) is 5.73 Å². The molecule has 4 heteroatoms. The summed E-state index contributed by atoms with van der Waals surface area (Å²) in [5.41, 5.74) is 9.88. The standard InChI is InChI=1S/C22H23N2OP/c1-15-12-16(2)21(17(3)13-15)26(19-9-5-4-6-10-19)20-11-7-8-18(14-20)24-22(23)25/h4-14H,1-3H3,(H3,23,24,25). The molecule has 2 amide bonds. The van der Waals surface area contributed by atoms with E-state index in [9.17, 15) is 4.79 Å². The number of aryl methyl sites for hydroxylation is 3. The van der Waals surface area contributed by atoms with Gasteiger partial charge in [-0.15, -0.1) is 0 Å². The molecule has 1 atom stereocenters. The van der Waals surface area contributed by atoms with Gasteiger partial charge in [0, 0.05) is 5.69 Å². The van der Waals surface area contributed by atoms with E-state index in [1.165, 1.54) is 32.6 Å². The number of anilines is 1. The summed E-state index contributed by atoms with van der Waals surface area (Å²) in [6, 6.07) is 22.5. The molecule has 3 N–H and O–H groups in total. The van der Waals surface area contributed by atoms with Crippen molar-refractivity contribution in [2.75, 3.05) is 5.32 Å². The first-order valence-electron chi connectivity index (χ1n) is 8.55. The molecule has 0 saturated carbocycles. The van der Waals surface area contributed by atoms with Crippen LogP contribution in [-0.4, -0.2) is 6.03 Å². The zero-order valence-corrected chi connectivity index (χ0v) is 16.2. The molecular formula is C22H23N2OP. The van der Waals surface area contributed by atoms with E-state index in [2.05, 4.69) is 68.6 Å². The average molecular weight is 362 g/mol. The summed E-state index contributed by atoms with van der Waals surface area (Å²) in [7, 11) is -0.733. The van der Waals surface area contributed by atoms with Crippen molar-refractivity contribution in [1.29, 1.82) is 0 Å². The van der Waals surface area contributed by atoms with Crippen molar-refractivity contribution in [3.05, 3.63) is 83.4 Å². The van der Waals surface area contributed by atoms with E-state index in [1.807, 2.05) is 24.3 Å². The quantitative estimate of drug-likeness (QED) is 0.681. The van der Waals surface area contributed by atoms with E-state index in [4.69, 9.17) is 5.73 Å². The number of urea groups is 1. The van der Waals surface area contributed by atoms with Crippen molar-refractivity contribution >= 4 is 35.6 Å². The Balaban J connectivity index is 2.19. The number of rotatable bonds is 4. The summed E-state index contributed by atoms with van der Waals surface area (Å²) < 4.78 is 0. The zero-order chi connectivity index (χ0) is 18.7. The second-order valence-corrected chi connectivity index (χ2v) is 8.61. The first-order valence-corrected chi connectivity index (χ1v) is 9.89. The number of nitrogens with two attached hydrogens (primary N) is 1. The lowest BCUT2D eigenvalue weighted by Gasteiger charge is -2.24. The van der Waals surface area contributed by atoms with Crippen LogP contribution in [0.4, 0.5) is 10.5 Å². The van der Waals surface area contributed by atoms with Crippen molar-refractivity contribution in [3.63, 3.8) is 0 Å². The number of carbonyl (C=O) groups is 1. The second-order valence-electron chi connectivity index (χ2n) is 6.46. The van der Waals surface area contributed by atoms with Crippen LogP contribution in [0.5, 0.6) is 0 Å². The van der Waals surface area contributed by atoms with Gasteiger partial charge in [-0.1, -0.05) is 60.2 Å². The predicted octanol–water partition coefficient (Wildman–Crippen LogP) is 3.86. The Morgan fingerprint density at radius 2 is 1.46 bits per heavy atom. The normalized spacial score (nSPS) is 11.8. The second kappa shape index (κ2) is 7.72. The lowest BCUT2D eigenvalue weighted by molar-refractivity contribution is 0.259. The SMILES string of the molecule is Cc1cc(C)c(P(c2ccccc2)c2cccc(NC(N)=O)c2)c(C)c1. The molecule has 0 fully saturated rings. The number of amides is 2. The van der Waals surface area contributed by atoms with Crippen molar-refractivity contribution < 1.29 is 4.79 Å². The van der Waals surface area contributed by atoms with Crippen LogP contribution >= 0.6 is 7.92 Å². The Hall–Kier alpha value is -2.64. The van der Waals surface area contributed by atoms with E-state index in [0.29, 0.717) is 0 Å². The Bertz CT molecular complexity index is 915. The number of nitrogens with one attached hydrogen (secondary N) is 1. The zero-order valence-electron chi connectivity index (χ0n) is 15.3. The minimum absolute atomic E-state index is 0.547. The number of benzene rings is 3. The number of carbonyl (C=O) groups excluding carboxylic acids is 1. The lowest BCUT2D eigenvalue weighted by Crippen LogP contribution is -2.25. The van der Waals surface area contributed by atoms with E-state index < -0.39 is 14.0 Å². The molecule has 0 aliphatic rings. The molecule has 0 spiro atoms. The maximum Gasteiger partial charge on any atom is 0.316 e. The molecule has 26 heavy (non-hydrogen) atoms. The Morgan fingerprint density at radius 3 is 2.08 bits per heavy atom. The highest BCUT2D eigenvalue weighted by Gasteiger charge is 2.21. The smallest absolute Gasteiger partial charge is 0.316 e. The summed E-state index contributed by atoms with van der Waals surface area (Å²) in [5.74, 6) is 0. The third kappa shape index (κ3) is 3.95. The highest BCUT2D eigenvalue weighted by atomic mass is 31.1. The molecule has 3 nitrogen and oxygen atoms in total. The molecule has 0 aliphatic heterocycles. The molecule has 0 aromatic heterocycles. The fraction of sp³-hybridized carbons (Fsp3) is 0.136. The van der Waals surface area contributed by atoms with Gasteiger partial charge in [0.05, 0.1) is 0 Å². The van der Waals surface area contributed by atoms with E-state index in [0.717, 1.165) is 5.69 Å². The van der Waals surface area contributed by atoms with Crippen molar-refractivity contribution in [2.45, 2.75) is 20.8 Å². The van der Waals surface area contributed by atoms with E-state index in [1.54, 1.807) is 0 Å². The van der Waals surface area contributed by atoms with Gasteiger partial charge < -0.3 is 11.1 Å². The molecule has 0 aliphatic carbocycles. The first-order chi connectivity index (χ1) is 12.5. The average Bonchev–Trinajstić information content (AvgIpc) is 2.58. The predicted molar refractivity (Wildman–Crippen MR) is 113 cm³/mol. The summed E-state index contributed by atoms with van der Waals surface area (Å²) in [6.45, 7) is 6.49. The van der Waals surface area contributed by atoms with Gasteiger partial charge in [-0.25, -0.2) is 4.79 Å². The highest BCUT2D eigenvalue weighted by Crippen LogP contribution is 2.36. The fourth-order valence-electron chi connectivity index (χ4n) is 3.37. The Morgan fingerprint density at radius 1 is 0.846 bits per heavy atom. The van der Waals surface area contributed by atoms with Gasteiger partial charge in [-0.05, 0) is 67.9 Å². The molecule has 3 aromatic rings. The summed E-state index contributed by atoms with van der Waals surface area (Å²) >= 11 is 0. The van der Waals surface area contributed by atoms with Crippen LogP contribution in [0.1, 0.15) is 16.7 Å². The number of primary amides is 1. The molecule has 0 radical (unpaired) electrons. The van der Waals surface area contributed by atoms with Crippen LogP contribution in [0.2, 0.25) is 0 Å². The van der Waals surface area contributed by atoms with Gasteiger partial charge in [-0.3, -0.25) is 0 Å². The van der Waals surface area contributed by atoms with Gasteiger partial charge in [0.25, 0.3) is 0 Å². The monoisotopic (exact) mass is 362 g/mol. The molecule has 0 bridgehead atoms. The van der Waals surface area contributed by atoms with Gasteiger partial charge in [0.1, 0.15) is 0 Å². The Labute approximate surface area is 156 Å². The number of hydrogen-bond acceptors (Lipinski definition) is 1. The molecular weight excluding hydrogens is 339 g/mol. The fourth-order valence-corrected chi connectivity index (χ4v) is 6.00. The van der Waals surface area contributed by atoms with Crippen LogP contribution in [-0.2, 0) is 0 Å². The van der Waals surface area contributed by atoms with Crippen molar-refractivity contribution in [1.82, 2.24) is 0 Å². The van der Waals surface area contributed by atoms with Gasteiger partial charge in [0.2, 0.25) is 0 Å². The van der Waals surface area contributed by atoms with Crippen LogP contribution in [0.25, 0.3) is 0 Å². The highest BCUT2D eigenvalue weighted by molar-refractivity contribution is 7.80. The van der Waals surface area contributed by atoms with E-state index in [-0.39, 0.29) is 0 Å². The number of hydrogen-bond donors (Lipinski definition) is 2. The maximum absolute atomic E-state index is 11.3. The van der Waals surface area contributed by atoms with E-state index >= 15 is 0 Å². The minimum atomic E-state index is -0.733. The minimum Gasteiger partial charge on any atom is -0.351 e.